The molecule has 6 nitrogen and oxygen atoms in total. The third-order valence-electron chi connectivity index (χ3n) is 6.22. The second-order valence-corrected chi connectivity index (χ2v) is 9.04. The number of aryl methyl sites for hydroxylation is 1. The Labute approximate surface area is 190 Å². The molecule has 2 heterocycles. The number of anilines is 2. The molecule has 3 N–H and O–H groups in total. The number of rotatable bonds is 6. The Morgan fingerprint density at radius 1 is 1.15 bits per heavy atom. The Hall–Kier alpha value is -2.94. The molecule has 1 aromatic carbocycles. The topological polar surface area (TPSA) is 83.0 Å². The van der Waals surface area contributed by atoms with E-state index in [1.807, 2.05) is 13.0 Å². The number of hydrogen-bond acceptors (Lipinski definition) is 6. The van der Waals surface area contributed by atoms with E-state index in [0.29, 0.717) is 41.2 Å². The summed E-state index contributed by atoms with van der Waals surface area (Å²) in [4.78, 5) is 13.4. The van der Waals surface area contributed by atoms with Crippen LogP contribution in [0.4, 0.5) is 24.8 Å². The third-order valence-corrected chi connectivity index (χ3v) is 6.22. The van der Waals surface area contributed by atoms with Crippen molar-refractivity contribution < 1.29 is 18.3 Å². The average Bonchev–Trinajstić information content (AvgIpc) is 2.75. The van der Waals surface area contributed by atoms with E-state index in [0.717, 1.165) is 18.9 Å². The largest absolute Gasteiger partial charge is 0.390 e. The Balaban J connectivity index is 1.61. The Kier molecular flexibility index (Phi) is 6.43. The van der Waals surface area contributed by atoms with E-state index >= 15 is 0 Å². The van der Waals surface area contributed by atoms with Gasteiger partial charge in [-0.25, -0.2) is 28.1 Å². The molecule has 0 bridgehead atoms. The normalized spacial score (nSPS) is 21.9. The summed E-state index contributed by atoms with van der Waals surface area (Å²) in [6.45, 7) is 5.30. The van der Waals surface area contributed by atoms with Gasteiger partial charge in [0.25, 0.3) is 6.43 Å². The maximum atomic E-state index is 14.7. The van der Waals surface area contributed by atoms with Crippen LogP contribution in [-0.4, -0.2) is 31.7 Å². The van der Waals surface area contributed by atoms with Crippen molar-refractivity contribution in [2.24, 2.45) is 0 Å². The maximum absolute atomic E-state index is 14.7. The molecule has 0 amide bonds. The smallest absolute Gasteiger partial charge is 0.266 e. The first kappa shape index (κ1) is 23.2. The van der Waals surface area contributed by atoms with E-state index in [-0.39, 0.29) is 11.6 Å². The van der Waals surface area contributed by atoms with Crippen molar-refractivity contribution >= 4 is 22.5 Å². The van der Waals surface area contributed by atoms with Gasteiger partial charge in [-0.3, -0.25) is 0 Å². The molecule has 33 heavy (non-hydrogen) atoms. The number of aliphatic hydroxyl groups is 1. The lowest BCUT2D eigenvalue weighted by Gasteiger charge is -2.33. The van der Waals surface area contributed by atoms with Gasteiger partial charge in [0.15, 0.2) is 0 Å². The zero-order valence-electron chi connectivity index (χ0n) is 18.9. The molecule has 0 saturated heterocycles. The van der Waals surface area contributed by atoms with Gasteiger partial charge in [0.2, 0.25) is 0 Å². The lowest BCUT2D eigenvalue weighted by molar-refractivity contribution is 0.0196. The van der Waals surface area contributed by atoms with E-state index in [1.54, 1.807) is 20.0 Å². The second kappa shape index (κ2) is 9.13. The first-order chi connectivity index (χ1) is 15.6. The minimum Gasteiger partial charge on any atom is -0.390 e. The summed E-state index contributed by atoms with van der Waals surface area (Å²) in [6.07, 6.45) is 1.86. The molecule has 9 heteroatoms. The van der Waals surface area contributed by atoms with Gasteiger partial charge in [-0.15, -0.1) is 0 Å². The molecule has 4 rings (SSSR count). The predicted octanol–water partition coefficient (Wildman–Crippen LogP) is 5.69. The molecular formula is C24H28F3N5O. The van der Waals surface area contributed by atoms with Crippen LogP contribution >= 0.6 is 0 Å². The van der Waals surface area contributed by atoms with Gasteiger partial charge < -0.3 is 15.7 Å². The average molecular weight is 460 g/mol. The number of nitrogens with one attached hydrogen (secondary N) is 2. The number of aromatic nitrogens is 3. The van der Waals surface area contributed by atoms with Crippen molar-refractivity contribution in [3.8, 4) is 0 Å². The van der Waals surface area contributed by atoms with Crippen molar-refractivity contribution in [1.29, 1.82) is 0 Å². The highest BCUT2D eigenvalue weighted by atomic mass is 19.3. The Morgan fingerprint density at radius 2 is 1.85 bits per heavy atom. The summed E-state index contributed by atoms with van der Waals surface area (Å²) in [6, 6.07) is 5.43. The van der Waals surface area contributed by atoms with Crippen molar-refractivity contribution in [3.63, 3.8) is 0 Å². The van der Waals surface area contributed by atoms with Crippen molar-refractivity contribution in [2.75, 3.05) is 10.6 Å². The molecule has 1 fully saturated rings. The van der Waals surface area contributed by atoms with Gasteiger partial charge in [-0.05, 0) is 52.5 Å². The number of pyridine rings is 1. The fourth-order valence-electron chi connectivity index (χ4n) is 4.28. The summed E-state index contributed by atoms with van der Waals surface area (Å²) in [5.41, 5.74) is -0.480. The number of benzene rings is 1. The van der Waals surface area contributed by atoms with Crippen LogP contribution in [0.2, 0.25) is 0 Å². The highest BCUT2D eigenvalue weighted by molar-refractivity contribution is 5.90. The van der Waals surface area contributed by atoms with Gasteiger partial charge in [0.1, 0.15) is 23.3 Å². The van der Waals surface area contributed by atoms with Gasteiger partial charge in [0, 0.05) is 17.0 Å². The van der Waals surface area contributed by atoms with Crippen LogP contribution in [-0.2, 0) is 0 Å². The first-order valence-electron chi connectivity index (χ1n) is 11.1. The van der Waals surface area contributed by atoms with Crippen LogP contribution in [0, 0.1) is 12.7 Å². The number of halogens is 3. The van der Waals surface area contributed by atoms with E-state index in [2.05, 4.69) is 25.6 Å². The van der Waals surface area contributed by atoms with Crippen LogP contribution in [0.5, 0.6) is 0 Å². The molecule has 1 aliphatic rings. The maximum Gasteiger partial charge on any atom is 0.266 e. The van der Waals surface area contributed by atoms with E-state index in [9.17, 15) is 18.3 Å². The number of alkyl halides is 2. The van der Waals surface area contributed by atoms with Crippen molar-refractivity contribution in [2.45, 2.75) is 70.6 Å². The van der Waals surface area contributed by atoms with Gasteiger partial charge in [-0.2, -0.15) is 0 Å². The predicted molar refractivity (Wildman–Crippen MR) is 122 cm³/mol. The first-order valence-corrected chi connectivity index (χ1v) is 11.1. The van der Waals surface area contributed by atoms with Crippen LogP contribution in [0.25, 0.3) is 10.9 Å². The highest BCUT2D eigenvalue weighted by Crippen LogP contribution is 2.32. The number of fused-ring (bicyclic) bond motifs is 1. The molecule has 1 saturated carbocycles. The second-order valence-electron chi connectivity index (χ2n) is 9.04. The van der Waals surface area contributed by atoms with Crippen LogP contribution in [0.15, 0.2) is 30.5 Å². The highest BCUT2D eigenvalue weighted by Gasteiger charge is 2.28. The third kappa shape index (κ3) is 5.19. The zero-order valence-corrected chi connectivity index (χ0v) is 18.9. The molecule has 1 aliphatic carbocycles. The summed E-state index contributed by atoms with van der Waals surface area (Å²) >= 11 is 0. The number of hydrogen-bond donors (Lipinski definition) is 3. The summed E-state index contributed by atoms with van der Waals surface area (Å²) in [5.74, 6) is 0.725. The SMILES string of the molecule is Cc1nc(N[C@H](C)c2cccc(C(F)F)c2F)c2cc(NC3CCC(C)(O)CC3)ncc2n1. The van der Waals surface area contributed by atoms with Gasteiger partial charge in [0.05, 0.1) is 28.9 Å². The fraction of sp³-hybridized carbons (Fsp3) is 0.458. The lowest BCUT2D eigenvalue weighted by atomic mass is 9.84. The lowest BCUT2D eigenvalue weighted by Crippen LogP contribution is -2.35. The molecule has 3 aromatic rings. The molecule has 0 spiro atoms. The van der Waals surface area contributed by atoms with Crippen molar-refractivity contribution in [1.82, 2.24) is 15.0 Å². The molecule has 0 unspecified atom stereocenters. The van der Waals surface area contributed by atoms with E-state index < -0.39 is 29.4 Å². The minimum atomic E-state index is -2.89. The molecule has 2 aromatic heterocycles. The van der Waals surface area contributed by atoms with Crippen LogP contribution in [0.1, 0.15) is 68.9 Å². The standard InChI is InChI=1S/C24H28F3N5O/c1-13(16-5-4-6-17(21(16)25)22(26)27)29-23-18-11-20(28-12-19(18)30-14(2)31-23)32-15-7-9-24(3,33)10-8-15/h4-6,11-13,15,22,33H,7-10H2,1-3H3,(H,28,32)(H,29,30,31)/t13-,15?,24?/m1/s1. The quantitative estimate of drug-likeness (QED) is 0.439. The number of nitrogens with zero attached hydrogens (tertiary/aromatic N) is 3. The summed E-state index contributed by atoms with van der Waals surface area (Å²) in [5, 5.41) is 17.4. The zero-order chi connectivity index (χ0) is 23.8. The minimum absolute atomic E-state index is 0.138. The van der Waals surface area contributed by atoms with Crippen LogP contribution < -0.4 is 10.6 Å². The monoisotopic (exact) mass is 459 g/mol. The van der Waals surface area contributed by atoms with Crippen LogP contribution in [0.3, 0.4) is 0 Å². The van der Waals surface area contributed by atoms with Gasteiger partial charge in [-0.1, -0.05) is 18.2 Å². The van der Waals surface area contributed by atoms with E-state index in [1.165, 1.54) is 12.1 Å². The summed E-state index contributed by atoms with van der Waals surface area (Å²) in [7, 11) is 0. The molecular weight excluding hydrogens is 431 g/mol. The molecule has 0 aliphatic heterocycles. The molecule has 176 valence electrons. The van der Waals surface area contributed by atoms with E-state index in [4.69, 9.17) is 0 Å². The van der Waals surface area contributed by atoms with Crippen molar-refractivity contribution in [3.05, 3.63) is 53.2 Å². The summed E-state index contributed by atoms with van der Waals surface area (Å²) < 4.78 is 40.9. The van der Waals surface area contributed by atoms with Gasteiger partial charge >= 0.3 is 0 Å². The fourth-order valence-corrected chi connectivity index (χ4v) is 4.28. The molecule has 0 radical (unpaired) electrons. The Morgan fingerprint density at radius 3 is 2.55 bits per heavy atom. The molecule has 1 atom stereocenters. The Bertz CT molecular complexity index is 1140.